The van der Waals surface area contributed by atoms with Gasteiger partial charge in [-0.2, -0.15) is 0 Å². The predicted octanol–water partition coefficient (Wildman–Crippen LogP) is 1.54. The minimum absolute atomic E-state index is 0. The summed E-state index contributed by atoms with van der Waals surface area (Å²) in [4.78, 5) is 19.1. The molecular weight excluding hydrogens is 430 g/mol. The van der Waals surface area contributed by atoms with E-state index in [4.69, 9.17) is 15.9 Å². The second-order valence-electron chi connectivity index (χ2n) is 8.51. The van der Waals surface area contributed by atoms with Gasteiger partial charge in [0.2, 0.25) is 0 Å². The number of hydrogen-bond acceptors (Lipinski definition) is 7. The Labute approximate surface area is 197 Å². The number of hydrogen-bond donors (Lipinski definition) is 3. The van der Waals surface area contributed by atoms with Crippen LogP contribution in [0.3, 0.4) is 0 Å². The molecule has 2 aliphatic rings. The molecule has 0 saturated carbocycles. The Morgan fingerprint density at radius 1 is 1.19 bits per heavy atom. The lowest BCUT2D eigenvalue weighted by Crippen LogP contribution is -2.57. The molecule has 32 heavy (non-hydrogen) atoms. The number of aliphatic hydroxyl groups excluding tert-OH is 1. The Hall–Kier alpha value is -1.87. The zero-order valence-electron chi connectivity index (χ0n) is 19.0. The monoisotopic (exact) mass is 467 g/mol. The number of amidine groups is 1. The summed E-state index contributed by atoms with van der Waals surface area (Å²) in [6, 6.07) is 8.41. The molecule has 0 amide bonds. The normalized spacial score (nSPS) is 22.2. The van der Waals surface area contributed by atoms with Gasteiger partial charge >= 0.3 is 5.97 Å². The first-order valence-corrected chi connectivity index (χ1v) is 11.4. The molecule has 0 spiro atoms. The summed E-state index contributed by atoms with van der Waals surface area (Å²) in [5, 5.41) is 16.9. The van der Waals surface area contributed by atoms with E-state index in [1.165, 1.54) is 5.69 Å². The number of nitrogen functional groups attached to an aromatic ring is 1. The van der Waals surface area contributed by atoms with Crippen LogP contribution >= 0.6 is 12.4 Å². The van der Waals surface area contributed by atoms with Gasteiger partial charge in [0.1, 0.15) is 5.84 Å². The zero-order valence-corrected chi connectivity index (χ0v) is 19.9. The number of carbonyl (C=O) groups is 1. The van der Waals surface area contributed by atoms with Crippen LogP contribution in [0.25, 0.3) is 0 Å². The van der Waals surface area contributed by atoms with Crippen molar-refractivity contribution < 1.29 is 14.6 Å². The molecule has 2 heterocycles. The van der Waals surface area contributed by atoms with Crippen LogP contribution < -0.4 is 10.6 Å². The quantitative estimate of drug-likeness (QED) is 0.287. The summed E-state index contributed by atoms with van der Waals surface area (Å²) in [7, 11) is 0. The van der Waals surface area contributed by atoms with Crippen LogP contribution in [0.2, 0.25) is 0 Å². The average molecular weight is 468 g/mol. The van der Waals surface area contributed by atoms with Crippen molar-refractivity contribution in [3.8, 4) is 0 Å². The molecule has 2 saturated heterocycles. The summed E-state index contributed by atoms with van der Waals surface area (Å²) < 4.78 is 5.12. The van der Waals surface area contributed by atoms with Crippen molar-refractivity contribution >= 4 is 29.9 Å². The fraction of sp³-hybridized carbons (Fsp3) is 0.652. The zero-order chi connectivity index (χ0) is 22.2. The molecule has 0 aromatic heterocycles. The average Bonchev–Trinajstić information content (AvgIpc) is 2.78. The van der Waals surface area contributed by atoms with Gasteiger partial charge in [-0.1, -0.05) is 0 Å². The van der Waals surface area contributed by atoms with Gasteiger partial charge in [0, 0.05) is 63.2 Å². The molecule has 2 unspecified atom stereocenters. The van der Waals surface area contributed by atoms with Crippen LogP contribution in [0.1, 0.15) is 31.7 Å². The molecule has 2 aliphatic heterocycles. The van der Waals surface area contributed by atoms with Gasteiger partial charge in [-0.25, -0.2) is 0 Å². The van der Waals surface area contributed by atoms with Crippen molar-refractivity contribution in [1.29, 1.82) is 5.41 Å². The van der Waals surface area contributed by atoms with Gasteiger partial charge in [0.05, 0.1) is 13.2 Å². The molecule has 1 aromatic carbocycles. The summed E-state index contributed by atoms with van der Waals surface area (Å²) in [5.41, 5.74) is 7.49. The van der Waals surface area contributed by atoms with Crippen LogP contribution in [0, 0.1) is 11.3 Å². The first-order valence-electron chi connectivity index (χ1n) is 11.4. The van der Waals surface area contributed by atoms with Gasteiger partial charge < -0.3 is 20.5 Å². The Bertz CT molecular complexity index is 725. The molecule has 1 aromatic rings. The molecule has 2 fully saturated rings. The van der Waals surface area contributed by atoms with Crippen LogP contribution in [0.4, 0.5) is 5.69 Å². The van der Waals surface area contributed by atoms with Gasteiger partial charge in [0.25, 0.3) is 0 Å². The Kier molecular flexibility index (Phi) is 10.7. The first kappa shape index (κ1) is 26.4. The highest BCUT2D eigenvalue weighted by molar-refractivity contribution is 5.95. The maximum absolute atomic E-state index is 11.9. The van der Waals surface area contributed by atoms with Crippen LogP contribution in [-0.4, -0.2) is 91.8 Å². The lowest BCUT2D eigenvalue weighted by atomic mass is 9.86. The van der Waals surface area contributed by atoms with E-state index in [1.54, 1.807) is 0 Å². The molecule has 3 rings (SSSR count). The van der Waals surface area contributed by atoms with Gasteiger partial charge in [-0.15, -0.1) is 12.4 Å². The highest BCUT2D eigenvalue weighted by Gasteiger charge is 2.35. The third kappa shape index (κ3) is 7.07. The molecule has 8 nitrogen and oxygen atoms in total. The number of nitrogens with zero attached hydrogens (tertiary/aromatic N) is 3. The van der Waals surface area contributed by atoms with Crippen molar-refractivity contribution in [3.63, 3.8) is 0 Å². The Balaban J connectivity index is 0.00000363. The summed E-state index contributed by atoms with van der Waals surface area (Å²) in [6.45, 7) is 8.58. The molecule has 0 aliphatic carbocycles. The van der Waals surface area contributed by atoms with E-state index in [1.807, 2.05) is 31.2 Å². The van der Waals surface area contributed by atoms with E-state index in [9.17, 15) is 9.90 Å². The van der Waals surface area contributed by atoms with E-state index in [0.717, 1.165) is 64.1 Å². The van der Waals surface area contributed by atoms with Crippen molar-refractivity contribution in [2.24, 2.45) is 11.7 Å². The highest BCUT2D eigenvalue weighted by atomic mass is 35.5. The molecular formula is C23H38ClN5O3. The number of rotatable bonds is 9. The van der Waals surface area contributed by atoms with E-state index in [-0.39, 0.29) is 30.8 Å². The number of nitrogens with one attached hydrogen (secondary N) is 1. The summed E-state index contributed by atoms with van der Waals surface area (Å²) >= 11 is 0. The molecule has 0 radical (unpaired) electrons. The van der Waals surface area contributed by atoms with Gasteiger partial charge in [0.15, 0.2) is 0 Å². The predicted molar refractivity (Wildman–Crippen MR) is 130 cm³/mol. The standard InChI is InChI=1S/C23H37N5O3.ClH/c1-2-31-22(30)17-26-10-9-21(19(16-26)4-3-15-29)28-13-11-27(12-14-28)20-7-5-18(6-8-20)23(24)25;/h5-8,19,21,29H,2-4,9-17H2,1H3,(H3,24,25);1H. The second kappa shape index (κ2) is 13.0. The molecule has 2 atom stereocenters. The van der Waals surface area contributed by atoms with Crippen LogP contribution in [0.5, 0.6) is 0 Å². The molecule has 4 N–H and O–H groups in total. The number of esters is 1. The number of carbonyl (C=O) groups excluding carboxylic acids is 1. The fourth-order valence-corrected chi connectivity index (χ4v) is 4.91. The van der Waals surface area contributed by atoms with E-state index >= 15 is 0 Å². The first-order chi connectivity index (χ1) is 15.0. The SMILES string of the molecule is CCOC(=O)CN1CCC(N2CCN(c3ccc(C(=N)N)cc3)CC2)C(CCCO)C1.Cl. The maximum atomic E-state index is 11.9. The molecule has 180 valence electrons. The lowest BCUT2D eigenvalue weighted by Gasteiger charge is -2.47. The number of nitrogens with two attached hydrogens (primary N) is 1. The summed E-state index contributed by atoms with van der Waals surface area (Å²) in [5.74, 6) is 0.405. The fourth-order valence-electron chi connectivity index (χ4n) is 4.91. The van der Waals surface area contributed by atoms with E-state index in [2.05, 4.69) is 14.7 Å². The maximum Gasteiger partial charge on any atom is 0.320 e. The van der Waals surface area contributed by atoms with Crippen LogP contribution in [0.15, 0.2) is 24.3 Å². The highest BCUT2D eigenvalue weighted by Crippen LogP contribution is 2.28. The number of anilines is 1. The number of aliphatic hydroxyl groups is 1. The molecule has 9 heteroatoms. The number of likely N-dealkylation sites (tertiary alicyclic amines) is 1. The number of piperazine rings is 1. The number of piperidine rings is 1. The third-order valence-electron chi connectivity index (χ3n) is 6.50. The number of halogens is 1. The van der Waals surface area contributed by atoms with Gasteiger partial charge in [-0.3, -0.25) is 20.0 Å². The van der Waals surface area contributed by atoms with Crippen molar-refractivity contribution in [3.05, 3.63) is 29.8 Å². The minimum Gasteiger partial charge on any atom is -0.465 e. The second-order valence-corrected chi connectivity index (χ2v) is 8.51. The van der Waals surface area contributed by atoms with E-state index < -0.39 is 0 Å². The van der Waals surface area contributed by atoms with Crippen LogP contribution in [-0.2, 0) is 9.53 Å². The lowest BCUT2D eigenvalue weighted by molar-refractivity contribution is -0.145. The number of benzene rings is 1. The van der Waals surface area contributed by atoms with Gasteiger partial charge in [-0.05, 0) is 56.4 Å². The topological polar surface area (TPSA) is 106 Å². The smallest absolute Gasteiger partial charge is 0.320 e. The number of ether oxygens (including phenoxy) is 1. The summed E-state index contributed by atoms with van der Waals surface area (Å²) in [6.07, 6.45) is 2.83. The minimum atomic E-state index is -0.147. The third-order valence-corrected chi connectivity index (χ3v) is 6.50. The van der Waals surface area contributed by atoms with Crippen molar-refractivity contribution in [1.82, 2.24) is 9.80 Å². The largest absolute Gasteiger partial charge is 0.465 e. The molecule has 0 bridgehead atoms. The van der Waals surface area contributed by atoms with E-state index in [0.29, 0.717) is 25.1 Å². The Morgan fingerprint density at radius 3 is 2.47 bits per heavy atom. The Morgan fingerprint density at radius 2 is 1.88 bits per heavy atom. The van der Waals surface area contributed by atoms with Crippen molar-refractivity contribution in [2.75, 3.05) is 63.9 Å². The van der Waals surface area contributed by atoms with Crippen molar-refractivity contribution in [2.45, 2.75) is 32.2 Å².